The van der Waals surface area contributed by atoms with Gasteiger partial charge >= 0.3 is 11.9 Å². The number of hydrogen-bond acceptors (Lipinski definition) is 6. The number of pyridine rings is 1. The van der Waals surface area contributed by atoms with Gasteiger partial charge in [-0.15, -0.1) is 0 Å². The van der Waals surface area contributed by atoms with E-state index < -0.39 is 31.6 Å². The number of nitrogens with zero attached hydrogens (tertiary/aromatic N) is 2. The largest absolute Gasteiger partial charge is 0.481 e. The zero-order valence-corrected chi connectivity index (χ0v) is 15.1. The quantitative estimate of drug-likeness (QED) is 0.341. The normalized spacial score (nSPS) is 11.6. The molecule has 0 unspecified atom stereocenters. The first-order valence-electron chi connectivity index (χ1n) is 6.77. The van der Waals surface area contributed by atoms with E-state index in [0.29, 0.717) is 13.0 Å². The number of rotatable bonds is 11. The molecule has 0 aliphatic rings. The average molecular weight is 378 g/mol. The van der Waals surface area contributed by atoms with Crippen LogP contribution in [0.25, 0.3) is 0 Å². The van der Waals surface area contributed by atoms with Crippen LogP contribution in [0.3, 0.4) is 0 Å². The van der Waals surface area contributed by atoms with Crippen molar-refractivity contribution in [1.82, 2.24) is 9.65 Å². The second kappa shape index (κ2) is 9.97. The lowest BCUT2D eigenvalue weighted by Gasteiger charge is -2.25. The van der Waals surface area contributed by atoms with E-state index >= 15 is 0 Å². The molecular formula is C13H19N2O5PS2. The monoisotopic (exact) mass is 378 g/mol. The molecule has 0 spiro atoms. The van der Waals surface area contributed by atoms with Crippen LogP contribution in [0.2, 0.25) is 0 Å². The molecule has 0 amide bonds. The zero-order valence-electron chi connectivity index (χ0n) is 12.6. The Balaban J connectivity index is 2.40. The van der Waals surface area contributed by atoms with Gasteiger partial charge in [0.2, 0.25) is 0 Å². The minimum absolute atomic E-state index is 0.383. The molecule has 1 aromatic rings. The maximum absolute atomic E-state index is 12.6. The van der Waals surface area contributed by atoms with Crippen LogP contribution in [0.5, 0.6) is 0 Å². The summed E-state index contributed by atoms with van der Waals surface area (Å²) in [6.45, 7) is 0.383. The summed E-state index contributed by atoms with van der Waals surface area (Å²) in [5.74, 6) is -1.74. The van der Waals surface area contributed by atoms with Crippen LogP contribution in [-0.4, -0.2) is 63.5 Å². The summed E-state index contributed by atoms with van der Waals surface area (Å²) < 4.78 is 14.0. The predicted molar refractivity (Wildman–Crippen MR) is 92.4 cm³/mol. The van der Waals surface area contributed by atoms with E-state index in [4.69, 9.17) is 10.2 Å². The molecule has 1 aromatic heterocycles. The van der Waals surface area contributed by atoms with E-state index in [0.717, 1.165) is 10.8 Å². The fourth-order valence-electron chi connectivity index (χ4n) is 1.75. The molecule has 7 nitrogen and oxygen atoms in total. The Labute approximate surface area is 142 Å². The van der Waals surface area contributed by atoms with Gasteiger partial charge in [-0.1, -0.05) is 16.9 Å². The van der Waals surface area contributed by atoms with Crippen molar-refractivity contribution in [2.24, 2.45) is 0 Å². The predicted octanol–water partition coefficient (Wildman–Crippen LogP) is 2.59. The van der Waals surface area contributed by atoms with Gasteiger partial charge in [0.1, 0.15) is 17.3 Å². The van der Waals surface area contributed by atoms with E-state index in [1.165, 1.54) is 22.5 Å². The third kappa shape index (κ3) is 7.87. The summed E-state index contributed by atoms with van der Waals surface area (Å²) >= 11 is 0. The Hall–Kier alpha value is -1.02. The highest BCUT2D eigenvalue weighted by Crippen LogP contribution is 2.48. The zero-order chi connectivity index (χ0) is 17.3. The number of carbonyl (C=O) groups is 2. The lowest BCUT2D eigenvalue weighted by molar-refractivity contribution is -0.134. The highest BCUT2D eigenvalue weighted by atomic mass is 33.1. The molecule has 10 heteroatoms. The van der Waals surface area contributed by atoms with E-state index in [1.54, 1.807) is 17.0 Å². The van der Waals surface area contributed by atoms with E-state index in [-0.39, 0.29) is 0 Å². The fraction of sp³-hybridized carbons (Fsp3) is 0.462. The number of carboxylic acid groups (broad SMARTS) is 2. The van der Waals surface area contributed by atoms with Crippen molar-refractivity contribution in [3.8, 4) is 0 Å². The van der Waals surface area contributed by atoms with Crippen LogP contribution in [0.4, 0.5) is 0 Å². The molecule has 2 N–H and O–H groups in total. The molecule has 0 bridgehead atoms. The van der Waals surface area contributed by atoms with E-state index in [1.807, 2.05) is 18.2 Å². The Morgan fingerprint density at radius 1 is 1.26 bits per heavy atom. The van der Waals surface area contributed by atoms with Crippen molar-refractivity contribution in [2.75, 3.05) is 31.7 Å². The molecule has 128 valence electrons. The van der Waals surface area contributed by atoms with Gasteiger partial charge in [0, 0.05) is 18.5 Å². The van der Waals surface area contributed by atoms with Gasteiger partial charge in [0.25, 0.3) is 0 Å². The van der Waals surface area contributed by atoms with Crippen molar-refractivity contribution in [1.29, 1.82) is 0 Å². The Morgan fingerprint density at radius 3 is 2.43 bits per heavy atom. The highest BCUT2D eigenvalue weighted by Gasteiger charge is 2.33. The maximum atomic E-state index is 12.6. The molecule has 0 radical (unpaired) electrons. The topological polar surface area (TPSA) is 108 Å². The summed E-state index contributed by atoms with van der Waals surface area (Å²) in [5.41, 5.74) is 0. The van der Waals surface area contributed by atoms with Gasteiger partial charge in [0.05, 0.1) is 0 Å². The molecule has 23 heavy (non-hydrogen) atoms. The van der Waals surface area contributed by atoms with E-state index in [9.17, 15) is 14.2 Å². The van der Waals surface area contributed by atoms with Crippen LogP contribution in [0.15, 0.2) is 29.4 Å². The Bertz CT molecular complexity index is 553. The average Bonchev–Trinajstić information content (AvgIpc) is 2.46. The van der Waals surface area contributed by atoms with Crippen LogP contribution >= 0.6 is 28.9 Å². The molecule has 1 heterocycles. The first kappa shape index (κ1) is 20.0. The molecule has 0 atom stereocenters. The molecule has 0 saturated heterocycles. The third-order valence-electron chi connectivity index (χ3n) is 2.88. The van der Waals surface area contributed by atoms with Gasteiger partial charge in [-0.25, -0.2) is 4.98 Å². The first-order valence-corrected chi connectivity index (χ1v) is 11.1. The van der Waals surface area contributed by atoms with Crippen molar-refractivity contribution < 1.29 is 24.4 Å². The smallest absolute Gasteiger partial charge is 0.312 e. The highest BCUT2D eigenvalue weighted by molar-refractivity contribution is 8.76. The number of carboxylic acids is 2. The summed E-state index contributed by atoms with van der Waals surface area (Å²) in [6, 6.07) is 5.64. The molecule has 0 fully saturated rings. The molecule has 1 rings (SSSR count). The number of aromatic nitrogens is 1. The van der Waals surface area contributed by atoms with Crippen LogP contribution < -0.4 is 0 Å². The first-order chi connectivity index (χ1) is 10.8. The van der Waals surface area contributed by atoms with Gasteiger partial charge in [-0.3, -0.25) is 14.3 Å². The van der Waals surface area contributed by atoms with Crippen LogP contribution in [0.1, 0.15) is 6.42 Å². The van der Waals surface area contributed by atoms with Crippen LogP contribution in [0, 0.1) is 0 Å². The van der Waals surface area contributed by atoms with Crippen molar-refractivity contribution >= 4 is 40.8 Å². The van der Waals surface area contributed by atoms with Gasteiger partial charge in [-0.05, 0) is 36.4 Å². The Morgan fingerprint density at radius 2 is 1.91 bits per heavy atom. The Kier molecular flexibility index (Phi) is 8.68. The van der Waals surface area contributed by atoms with Crippen molar-refractivity contribution in [3.05, 3.63) is 24.4 Å². The van der Waals surface area contributed by atoms with Gasteiger partial charge in [0.15, 0.2) is 7.29 Å². The molecule has 0 aliphatic heterocycles. The molecular weight excluding hydrogens is 359 g/mol. The van der Waals surface area contributed by atoms with Gasteiger partial charge in [-0.2, -0.15) is 0 Å². The standard InChI is InChI=1S/C13H19N2O5PS2/c1-15(21(20,9-12(16)17)10-13(18)19)7-4-8-22-23-11-5-2-3-6-14-11/h2-3,5-6H,4,7-10H2,1H3,(H,16,17)(H,18,19). The summed E-state index contributed by atoms with van der Waals surface area (Å²) in [4.78, 5) is 25.8. The minimum atomic E-state index is -3.42. The summed E-state index contributed by atoms with van der Waals surface area (Å²) in [5, 5.41) is 18.6. The van der Waals surface area contributed by atoms with Crippen molar-refractivity contribution in [3.63, 3.8) is 0 Å². The minimum Gasteiger partial charge on any atom is -0.481 e. The third-order valence-corrected chi connectivity index (χ3v) is 8.20. The lowest BCUT2D eigenvalue weighted by atomic mass is 10.5. The second-order valence-electron chi connectivity index (χ2n) is 4.76. The fourth-order valence-corrected chi connectivity index (χ4v) is 5.65. The SMILES string of the molecule is CN(CCCSSc1ccccn1)P(=O)(CC(=O)O)CC(=O)O. The van der Waals surface area contributed by atoms with Crippen LogP contribution in [-0.2, 0) is 14.2 Å². The summed E-state index contributed by atoms with van der Waals surface area (Å²) in [7, 11) is 1.22. The van der Waals surface area contributed by atoms with E-state index in [2.05, 4.69) is 4.98 Å². The maximum Gasteiger partial charge on any atom is 0.312 e. The lowest BCUT2D eigenvalue weighted by Crippen LogP contribution is -2.26. The second-order valence-corrected chi connectivity index (χ2v) is 10.2. The summed E-state index contributed by atoms with van der Waals surface area (Å²) in [6.07, 6.45) is 1.12. The number of hydrogen-bond donors (Lipinski definition) is 2. The van der Waals surface area contributed by atoms with Crippen molar-refractivity contribution in [2.45, 2.75) is 11.4 Å². The molecule has 0 aliphatic carbocycles. The number of aliphatic carboxylic acids is 2. The molecule has 0 saturated carbocycles. The van der Waals surface area contributed by atoms with Gasteiger partial charge < -0.3 is 14.8 Å². The molecule has 0 aromatic carbocycles.